The summed E-state index contributed by atoms with van der Waals surface area (Å²) in [7, 11) is 3.55. The highest BCUT2D eigenvalue weighted by atomic mass is 16.5. The molecule has 4 heteroatoms. The van der Waals surface area contributed by atoms with Crippen molar-refractivity contribution in [2.24, 2.45) is 0 Å². The Morgan fingerprint density at radius 2 is 2.06 bits per heavy atom. The molecule has 1 N–H and O–H groups in total. The Labute approximate surface area is 106 Å². The quantitative estimate of drug-likeness (QED) is 0.727. The summed E-state index contributed by atoms with van der Waals surface area (Å²) in [6.45, 7) is 7.15. The van der Waals surface area contributed by atoms with Crippen molar-refractivity contribution in [1.29, 1.82) is 0 Å². The lowest BCUT2D eigenvalue weighted by atomic mass is 10.1. The van der Waals surface area contributed by atoms with Crippen LogP contribution < -0.4 is 5.32 Å². The van der Waals surface area contributed by atoms with Gasteiger partial charge in [-0.1, -0.05) is 0 Å². The maximum Gasteiger partial charge on any atom is 0.0615 e. The van der Waals surface area contributed by atoms with Crippen LogP contribution in [0.2, 0.25) is 0 Å². The van der Waals surface area contributed by atoms with Crippen LogP contribution in [-0.2, 0) is 9.47 Å². The highest BCUT2D eigenvalue weighted by Crippen LogP contribution is 2.16. The molecule has 1 saturated heterocycles. The van der Waals surface area contributed by atoms with Crippen molar-refractivity contribution in [3.63, 3.8) is 0 Å². The zero-order chi connectivity index (χ0) is 12.5. The Morgan fingerprint density at radius 1 is 1.24 bits per heavy atom. The van der Waals surface area contributed by atoms with Crippen LogP contribution in [-0.4, -0.2) is 64.1 Å². The molecule has 0 aromatic heterocycles. The maximum atomic E-state index is 5.29. The minimum atomic E-state index is 0.471. The molecule has 0 aromatic rings. The molecule has 102 valence electrons. The van der Waals surface area contributed by atoms with Gasteiger partial charge in [0.15, 0.2) is 0 Å². The van der Waals surface area contributed by atoms with Crippen LogP contribution in [0.25, 0.3) is 0 Å². The van der Waals surface area contributed by atoms with E-state index in [1.54, 1.807) is 14.2 Å². The Hall–Kier alpha value is -0.160. The van der Waals surface area contributed by atoms with Crippen LogP contribution in [0, 0.1) is 0 Å². The molecular weight excluding hydrogens is 216 g/mol. The van der Waals surface area contributed by atoms with Crippen molar-refractivity contribution in [3.8, 4) is 0 Å². The van der Waals surface area contributed by atoms with E-state index >= 15 is 0 Å². The van der Waals surface area contributed by atoms with Crippen molar-refractivity contribution in [3.05, 3.63) is 0 Å². The van der Waals surface area contributed by atoms with Gasteiger partial charge in [0.05, 0.1) is 13.2 Å². The van der Waals surface area contributed by atoms with Crippen LogP contribution in [0.3, 0.4) is 0 Å². The van der Waals surface area contributed by atoms with Crippen LogP contribution >= 0.6 is 0 Å². The second-order valence-corrected chi connectivity index (χ2v) is 4.87. The van der Waals surface area contributed by atoms with Crippen LogP contribution in [0.5, 0.6) is 0 Å². The van der Waals surface area contributed by atoms with Crippen molar-refractivity contribution < 1.29 is 9.47 Å². The van der Waals surface area contributed by atoms with E-state index in [2.05, 4.69) is 17.1 Å². The molecule has 2 unspecified atom stereocenters. The van der Waals surface area contributed by atoms with Crippen LogP contribution in [0.15, 0.2) is 0 Å². The normalized spacial score (nSPS) is 23.6. The second-order valence-electron chi connectivity index (χ2n) is 4.87. The Kier molecular flexibility index (Phi) is 7.77. The molecule has 0 spiro atoms. The standard InChI is InChI=1S/C13H28N2O2/c1-12(11-17-3)15(9-10-16-2)13-5-4-7-14-8-6-13/h12-14H,4-11H2,1-3H3. The molecule has 17 heavy (non-hydrogen) atoms. The van der Waals surface area contributed by atoms with Crippen molar-refractivity contribution in [1.82, 2.24) is 10.2 Å². The van der Waals surface area contributed by atoms with E-state index in [-0.39, 0.29) is 0 Å². The summed E-state index contributed by atoms with van der Waals surface area (Å²) in [5.74, 6) is 0. The predicted molar refractivity (Wildman–Crippen MR) is 70.4 cm³/mol. The zero-order valence-electron chi connectivity index (χ0n) is 11.6. The molecular formula is C13H28N2O2. The molecule has 1 aliphatic heterocycles. The fourth-order valence-corrected chi connectivity index (χ4v) is 2.63. The SMILES string of the molecule is COCCN(C(C)COC)C1CCCNCC1. The van der Waals surface area contributed by atoms with Gasteiger partial charge in [-0.2, -0.15) is 0 Å². The molecule has 1 aliphatic rings. The van der Waals surface area contributed by atoms with Crippen molar-refractivity contribution in [2.75, 3.05) is 47.1 Å². The first kappa shape index (κ1) is 14.9. The number of nitrogens with one attached hydrogen (secondary N) is 1. The average Bonchev–Trinajstić information content (AvgIpc) is 2.59. The molecule has 0 radical (unpaired) electrons. The van der Waals surface area contributed by atoms with E-state index in [0.717, 1.165) is 32.8 Å². The van der Waals surface area contributed by atoms with Gasteiger partial charge in [-0.25, -0.2) is 0 Å². The number of nitrogens with zero attached hydrogens (tertiary/aromatic N) is 1. The van der Waals surface area contributed by atoms with Gasteiger partial charge in [0.25, 0.3) is 0 Å². The predicted octanol–water partition coefficient (Wildman–Crippen LogP) is 1.11. The van der Waals surface area contributed by atoms with Gasteiger partial charge >= 0.3 is 0 Å². The van der Waals surface area contributed by atoms with E-state index in [1.165, 1.54) is 19.3 Å². The summed E-state index contributed by atoms with van der Waals surface area (Å²) >= 11 is 0. The van der Waals surface area contributed by atoms with Crippen LogP contribution in [0.1, 0.15) is 26.2 Å². The smallest absolute Gasteiger partial charge is 0.0615 e. The van der Waals surface area contributed by atoms with Crippen molar-refractivity contribution >= 4 is 0 Å². The summed E-state index contributed by atoms with van der Waals surface area (Å²) in [6.07, 6.45) is 3.79. The number of ether oxygens (including phenoxy) is 2. The largest absolute Gasteiger partial charge is 0.383 e. The second kappa shape index (κ2) is 8.86. The number of methoxy groups -OCH3 is 2. The molecule has 0 saturated carbocycles. The van der Waals surface area contributed by atoms with Gasteiger partial charge in [0.1, 0.15) is 0 Å². The van der Waals surface area contributed by atoms with Gasteiger partial charge in [-0.15, -0.1) is 0 Å². The van der Waals surface area contributed by atoms with E-state index in [9.17, 15) is 0 Å². The monoisotopic (exact) mass is 244 g/mol. The summed E-state index contributed by atoms with van der Waals surface area (Å²) in [6, 6.07) is 1.14. The van der Waals surface area contributed by atoms with Crippen LogP contribution in [0.4, 0.5) is 0 Å². The fourth-order valence-electron chi connectivity index (χ4n) is 2.63. The molecule has 1 rings (SSSR count). The van der Waals surface area contributed by atoms with Crippen molar-refractivity contribution in [2.45, 2.75) is 38.3 Å². The van der Waals surface area contributed by atoms with E-state index in [4.69, 9.17) is 9.47 Å². The summed E-state index contributed by atoms with van der Waals surface area (Å²) in [5, 5.41) is 3.47. The summed E-state index contributed by atoms with van der Waals surface area (Å²) < 4.78 is 10.5. The Bertz CT molecular complexity index is 182. The third kappa shape index (κ3) is 5.34. The van der Waals surface area contributed by atoms with Gasteiger partial charge in [0.2, 0.25) is 0 Å². The van der Waals surface area contributed by atoms with Gasteiger partial charge < -0.3 is 14.8 Å². The molecule has 0 aromatic carbocycles. The Morgan fingerprint density at radius 3 is 2.76 bits per heavy atom. The van der Waals surface area contributed by atoms with Gasteiger partial charge in [0, 0.05) is 32.8 Å². The summed E-state index contributed by atoms with van der Waals surface area (Å²) in [5.41, 5.74) is 0. The third-order valence-electron chi connectivity index (χ3n) is 3.54. The first-order chi connectivity index (χ1) is 8.29. The topological polar surface area (TPSA) is 33.7 Å². The Balaban J connectivity index is 2.52. The highest BCUT2D eigenvalue weighted by molar-refractivity contribution is 4.80. The molecule has 1 heterocycles. The molecule has 4 nitrogen and oxygen atoms in total. The molecule has 0 aliphatic carbocycles. The molecule has 0 bridgehead atoms. The highest BCUT2D eigenvalue weighted by Gasteiger charge is 2.23. The third-order valence-corrected chi connectivity index (χ3v) is 3.54. The van der Waals surface area contributed by atoms with E-state index in [0.29, 0.717) is 12.1 Å². The minimum absolute atomic E-state index is 0.471. The maximum absolute atomic E-state index is 5.29. The first-order valence-corrected chi connectivity index (χ1v) is 6.74. The lowest BCUT2D eigenvalue weighted by Crippen LogP contribution is -2.46. The lowest BCUT2D eigenvalue weighted by molar-refractivity contribution is 0.0431. The molecule has 2 atom stereocenters. The average molecular weight is 244 g/mol. The van der Waals surface area contributed by atoms with E-state index < -0.39 is 0 Å². The molecule has 0 amide bonds. The number of rotatable bonds is 7. The minimum Gasteiger partial charge on any atom is -0.383 e. The fraction of sp³-hybridized carbons (Fsp3) is 1.00. The van der Waals surface area contributed by atoms with E-state index in [1.807, 2.05) is 0 Å². The lowest BCUT2D eigenvalue weighted by Gasteiger charge is -2.35. The number of hydrogen-bond donors (Lipinski definition) is 1. The molecule has 1 fully saturated rings. The summed E-state index contributed by atoms with van der Waals surface area (Å²) in [4.78, 5) is 2.56. The number of hydrogen-bond acceptors (Lipinski definition) is 4. The van der Waals surface area contributed by atoms with Gasteiger partial charge in [-0.05, 0) is 39.3 Å². The van der Waals surface area contributed by atoms with Gasteiger partial charge in [-0.3, -0.25) is 4.90 Å². The zero-order valence-corrected chi connectivity index (χ0v) is 11.6. The first-order valence-electron chi connectivity index (χ1n) is 6.74.